The van der Waals surface area contributed by atoms with Crippen LogP contribution in [0, 0.1) is 5.92 Å². The highest BCUT2D eigenvalue weighted by atomic mass is 32.7. The first-order valence-corrected chi connectivity index (χ1v) is 25.7. The Bertz CT molecular complexity index is 2350. The van der Waals surface area contributed by atoms with Crippen molar-refractivity contribution in [2.24, 2.45) is 5.92 Å². The third-order valence-corrected chi connectivity index (χ3v) is 17.8. The number of nitrogens with zero attached hydrogens (tertiary/aromatic N) is 7. The van der Waals surface area contributed by atoms with Crippen molar-refractivity contribution in [3.05, 3.63) is 29.3 Å². The predicted molar refractivity (Wildman–Crippen MR) is 209 cm³/mol. The van der Waals surface area contributed by atoms with Gasteiger partial charge in [-0.15, -0.1) is 0 Å². The summed E-state index contributed by atoms with van der Waals surface area (Å²) >= 11 is 10.8. The Balaban J connectivity index is 1.27. The Kier molecular flexibility index (Phi) is 11.4. The smallest absolute Gasteiger partial charge is 0.325 e. The molecule has 3 aliphatic rings. The Morgan fingerprint density at radius 2 is 1.72 bits per heavy atom. The van der Waals surface area contributed by atoms with Crippen LogP contribution in [-0.4, -0.2) is 108 Å². The van der Waals surface area contributed by atoms with E-state index in [0.717, 1.165) is 0 Å². The second kappa shape index (κ2) is 15.4. The van der Waals surface area contributed by atoms with E-state index < -0.39 is 102 Å². The average molecular weight is 892 g/mol. The molecule has 7 rings (SSSR count). The minimum Gasteiger partial charge on any atom is -0.660 e. The van der Waals surface area contributed by atoms with Crippen molar-refractivity contribution in [2.75, 3.05) is 24.3 Å². The third-order valence-electron chi connectivity index (χ3n) is 10.2. The van der Waals surface area contributed by atoms with E-state index >= 15 is 4.39 Å². The SMILES string of the molecule is CC(C)C(=O)Nc1nc2c(ncn2[C@@H]2O[C@@H]3COP(=O)([S-])O[C@@H]4C(F)[C@H](n5cnc6c(N)ncnc65)O[C@@H]4COP(O)(=S)OC2[C@H]3O[Si](C)(C)C(C)(C)C)c(=O)[nH]1. The van der Waals surface area contributed by atoms with Crippen molar-refractivity contribution >= 4 is 85.9 Å². The number of amides is 1. The number of hydrogen-bond donors (Lipinski definition) is 4. The van der Waals surface area contributed by atoms with Crippen LogP contribution in [0.5, 0.6) is 0 Å². The van der Waals surface area contributed by atoms with Crippen LogP contribution in [0.3, 0.4) is 0 Å². The van der Waals surface area contributed by atoms with E-state index in [-0.39, 0.29) is 39.1 Å². The Morgan fingerprint density at radius 1 is 1.07 bits per heavy atom. The highest BCUT2D eigenvalue weighted by Gasteiger charge is 2.55. The molecule has 312 valence electrons. The highest BCUT2D eigenvalue weighted by Crippen LogP contribution is 2.56. The largest absolute Gasteiger partial charge is 0.660 e. The van der Waals surface area contributed by atoms with E-state index in [1.165, 1.54) is 28.1 Å². The first-order chi connectivity index (χ1) is 26.6. The topological polar surface area (TPSA) is 264 Å². The zero-order valence-electron chi connectivity index (χ0n) is 31.7. The molecule has 3 fully saturated rings. The number of ether oxygens (including phenoxy) is 2. The molecule has 0 saturated carbocycles. The molecular weight excluding hydrogens is 850 g/mol. The predicted octanol–water partition coefficient (Wildman–Crippen LogP) is 3.35. The minimum atomic E-state index is -4.57. The summed E-state index contributed by atoms with van der Waals surface area (Å²) < 4.78 is 75.8. The van der Waals surface area contributed by atoms with Gasteiger partial charge >= 0.3 is 6.72 Å². The lowest BCUT2D eigenvalue weighted by atomic mass is 10.1. The van der Waals surface area contributed by atoms with E-state index in [9.17, 15) is 19.0 Å². The number of imidazole rings is 2. The van der Waals surface area contributed by atoms with Crippen molar-refractivity contribution < 1.29 is 50.6 Å². The normalized spacial score (nSPS) is 32.9. The van der Waals surface area contributed by atoms with Gasteiger partial charge in [-0.1, -0.05) is 34.6 Å². The highest BCUT2D eigenvalue weighted by molar-refractivity contribution is 8.32. The summed E-state index contributed by atoms with van der Waals surface area (Å²) in [6.45, 7) is 3.18. The molecule has 0 spiro atoms. The number of hydrogen-bond acceptors (Lipinski definition) is 18. The maximum absolute atomic E-state index is 16.4. The zero-order valence-corrected chi connectivity index (χ0v) is 36.1. The summed E-state index contributed by atoms with van der Waals surface area (Å²) in [5.74, 6) is -0.953. The molecule has 21 nitrogen and oxygen atoms in total. The fourth-order valence-electron chi connectivity index (χ4n) is 6.20. The molecule has 27 heteroatoms. The number of carbonyl (C=O) groups is 1. The van der Waals surface area contributed by atoms with Gasteiger partial charge < -0.3 is 50.3 Å². The van der Waals surface area contributed by atoms with Gasteiger partial charge in [0.05, 0.1) is 25.9 Å². The van der Waals surface area contributed by atoms with E-state index in [4.69, 9.17) is 61.8 Å². The second-order valence-corrected chi connectivity index (χ2v) is 25.8. The van der Waals surface area contributed by atoms with E-state index in [1.807, 2.05) is 33.9 Å². The van der Waals surface area contributed by atoms with Crippen molar-refractivity contribution in [3.63, 3.8) is 0 Å². The van der Waals surface area contributed by atoms with Crippen molar-refractivity contribution in [2.45, 2.75) is 102 Å². The summed E-state index contributed by atoms with van der Waals surface area (Å²) in [4.78, 5) is 60.7. The van der Waals surface area contributed by atoms with Gasteiger partial charge in [-0.3, -0.25) is 38.1 Å². The lowest BCUT2D eigenvalue weighted by Crippen LogP contribution is -2.50. The van der Waals surface area contributed by atoms with Crippen LogP contribution in [-0.2, 0) is 65.4 Å². The maximum Gasteiger partial charge on any atom is 0.325 e. The molecule has 10 atom stereocenters. The van der Waals surface area contributed by atoms with Crippen LogP contribution in [0.2, 0.25) is 18.1 Å². The van der Waals surface area contributed by atoms with Crippen molar-refractivity contribution in [1.29, 1.82) is 0 Å². The first-order valence-electron chi connectivity index (χ1n) is 17.7. The summed E-state index contributed by atoms with van der Waals surface area (Å²) in [6, 6.07) is 0. The van der Waals surface area contributed by atoms with Crippen LogP contribution in [0.4, 0.5) is 16.2 Å². The fraction of sp³-hybridized carbons (Fsp3) is 0.633. The summed E-state index contributed by atoms with van der Waals surface area (Å²) in [7, 11) is -2.74. The van der Waals surface area contributed by atoms with Gasteiger partial charge in [0.15, 0.2) is 56.4 Å². The number of H-pyrrole nitrogens is 1. The number of alkyl halides is 1. The Labute approximate surface area is 336 Å². The van der Waals surface area contributed by atoms with Crippen molar-refractivity contribution in [1.82, 2.24) is 39.0 Å². The van der Waals surface area contributed by atoms with Gasteiger partial charge in [-0.25, -0.2) is 24.3 Å². The van der Waals surface area contributed by atoms with Gasteiger partial charge in [0.1, 0.15) is 42.4 Å². The fourth-order valence-corrected chi connectivity index (χ4v) is 10.4. The number of halogens is 1. The van der Waals surface area contributed by atoms with Crippen LogP contribution < -0.4 is 16.6 Å². The average Bonchev–Trinajstić information content (AvgIpc) is 3.87. The van der Waals surface area contributed by atoms with Gasteiger partial charge in [-0.05, 0) is 29.9 Å². The number of carbonyl (C=O) groups excluding carboxylic acids is 1. The molecule has 0 aliphatic carbocycles. The second-order valence-electron chi connectivity index (χ2n) is 15.5. The Morgan fingerprint density at radius 3 is 2.40 bits per heavy atom. The lowest BCUT2D eigenvalue weighted by molar-refractivity contribution is -0.118. The molecule has 4 aromatic rings. The van der Waals surface area contributed by atoms with Crippen LogP contribution in [0.1, 0.15) is 47.1 Å². The van der Waals surface area contributed by atoms with Gasteiger partial charge in [0, 0.05) is 5.92 Å². The minimum absolute atomic E-state index is 0.0316. The van der Waals surface area contributed by atoms with Gasteiger partial charge in [0.2, 0.25) is 11.9 Å². The molecule has 1 amide bonds. The van der Waals surface area contributed by atoms with Crippen LogP contribution >= 0.6 is 13.5 Å². The molecular formula is C30H42FN10O11P2S2Si-. The maximum atomic E-state index is 16.4. The van der Waals surface area contributed by atoms with E-state index in [2.05, 4.69) is 35.2 Å². The van der Waals surface area contributed by atoms with Crippen molar-refractivity contribution in [3.8, 4) is 0 Å². The van der Waals surface area contributed by atoms with Crippen LogP contribution in [0.25, 0.3) is 22.3 Å². The number of aromatic nitrogens is 8. The first kappa shape index (κ1) is 42.4. The number of nitrogen functional groups attached to an aromatic ring is 1. The lowest BCUT2D eigenvalue weighted by Gasteiger charge is -2.41. The monoisotopic (exact) mass is 891 g/mol. The number of anilines is 2. The number of rotatable bonds is 6. The third kappa shape index (κ3) is 8.36. The summed E-state index contributed by atoms with van der Waals surface area (Å²) in [6.07, 6.45) is -7.77. The molecule has 3 aliphatic heterocycles. The van der Waals surface area contributed by atoms with E-state index in [0.29, 0.717) is 0 Å². The molecule has 2 bridgehead atoms. The van der Waals surface area contributed by atoms with E-state index in [1.54, 1.807) is 13.8 Å². The molecule has 5 N–H and O–H groups in total. The molecule has 0 aromatic carbocycles. The molecule has 4 aromatic heterocycles. The quantitative estimate of drug-likeness (QED) is 0.123. The number of nitrogens with one attached hydrogen (secondary N) is 2. The molecule has 4 unspecified atom stereocenters. The molecule has 3 saturated heterocycles. The summed E-state index contributed by atoms with van der Waals surface area (Å²) in [5.41, 5.74) is 5.44. The molecule has 57 heavy (non-hydrogen) atoms. The number of fused-ring (bicyclic) bond motifs is 5. The van der Waals surface area contributed by atoms with Crippen LogP contribution in [0.15, 0.2) is 23.8 Å². The number of nitrogens with two attached hydrogens (primary N) is 1. The standard InChI is InChI=1S/C30H43FN10O11P2S2Si/c1-13(2)25(42)38-29-37-24-18(26(43)39-29)36-12-41(24)28-21-20(52-57(6,7)30(3,4)5)15(49-28)9-47-53(44,55)50-19-14(8-46-54(45,56)51-21)48-27(16(19)31)40-11-35-17-22(32)33-10-34-23(17)40/h10-16,19-21,27-28H,8-9H2,1-7H3,(H,44,55)(H,45,56)(H2,32,33,34)(H2,37,38,39,42,43)/p-1/t14-,15-,16?,19+,20+,21?,27-,28-,53?,54?/m1/s1. The van der Waals surface area contributed by atoms with Gasteiger partial charge in [-0.2, -0.15) is 4.98 Å². The Hall–Kier alpha value is -2.77. The summed E-state index contributed by atoms with van der Waals surface area (Å²) in [5, 5.41) is 2.20. The number of aromatic amines is 1. The molecule has 0 radical (unpaired) electrons. The zero-order chi connectivity index (χ0) is 41.4. The molecule has 7 heterocycles. The van der Waals surface area contributed by atoms with Gasteiger partial charge in [0.25, 0.3) is 5.56 Å².